The molecule has 1 N–H and O–H groups in total. The molecule has 0 fully saturated rings. The van der Waals surface area contributed by atoms with E-state index in [1.165, 1.54) is 10.3 Å². The average molecular weight is 388 g/mol. The lowest BCUT2D eigenvalue weighted by Crippen LogP contribution is -2.13. The first kappa shape index (κ1) is 18.2. The number of anilines is 1. The molecular weight excluding hydrogens is 368 g/mol. The first-order chi connectivity index (χ1) is 13.5. The maximum Gasteiger partial charge on any atom is 0.259 e. The molecule has 0 aliphatic heterocycles. The van der Waals surface area contributed by atoms with Gasteiger partial charge in [-0.15, -0.1) is 11.3 Å². The van der Waals surface area contributed by atoms with E-state index in [0.717, 1.165) is 27.3 Å². The second-order valence-corrected chi connectivity index (χ2v) is 7.71. The molecule has 140 valence electrons. The van der Waals surface area contributed by atoms with Crippen molar-refractivity contribution in [2.24, 2.45) is 0 Å². The predicted octanol–water partition coefficient (Wildman–Crippen LogP) is 5.84. The Morgan fingerprint density at radius 2 is 1.82 bits per heavy atom. The Morgan fingerprint density at radius 1 is 1.04 bits per heavy atom. The van der Waals surface area contributed by atoms with E-state index in [4.69, 9.17) is 9.72 Å². The van der Waals surface area contributed by atoms with Gasteiger partial charge in [-0.3, -0.25) is 4.79 Å². The minimum Gasteiger partial charge on any atom is -0.496 e. The number of hydrogen-bond donors (Lipinski definition) is 1. The number of carbonyl (C=O) groups excluding carboxylic acids is 1. The number of fused-ring (bicyclic) bond motifs is 1. The quantitative estimate of drug-likeness (QED) is 0.478. The molecule has 5 heteroatoms. The minimum absolute atomic E-state index is 0.191. The molecular formula is C23H20N2O2S. The van der Waals surface area contributed by atoms with Crippen molar-refractivity contribution in [1.82, 2.24) is 4.98 Å². The topological polar surface area (TPSA) is 51.2 Å². The number of rotatable bonds is 4. The van der Waals surface area contributed by atoms with Gasteiger partial charge < -0.3 is 10.1 Å². The van der Waals surface area contributed by atoms with E-state index in [-0.39, 0.29) is 5.91 Å². The van der Waals surface area contributed by atoms with Crippen LogP contribution < -0.4 is 10.1 Å². The first-order valence-electron chi connectivity index (χ1n) is 8.98. The predicted molar refractivity (Wildman–Crippen MR) is 115 cm³/mol. The lowest BCUT2D eigenvalue weighted by molar-refractivity contribution is 0.102. The fourth-order valence-corrected chi connectivity index (χ4v) is 4.22. The molecule has 0 unspecified atom stereocenters. The standard InChI is InChI=1S/C23H20N2O2S/c1-14-7-12-19-20(13-14)28-23(25-19)16-8-10-17(11-9-16)24-22(26)18-6-4-5-15(2)21(18)27-3/h4-13H,1-3H3,(H,24,26). The number of carbonyl (C=O) groups is 1. The normalized spacial score (nSPS) is 10.8. The highest BCUT2D eigenvalue weighted by Gasteiger charge is 2.14. The van der Waals surface area contributed by atoms with E-state index in [1.807, 2.05) is 43.3 Å². The number of thiazole rings is 1. The molecule has 3 aromatic carbocycles. The monoisotopic (exact) mass is 388 g/mol. The summed E-state index contributed by atoms with van der Waals surface area (Å²) >= 11 is 1.67. The number of amides is 1. The molecule has 0 saturated carbocycles. The summed E-state index contributed by atoms with van der Waals surface area (Å²) in [6.07, 6.45) is 0. The Hall–Kier alpha value is -3.18. The van der Waals surface area contributed by atoms with E-state index in [0.29, 0.717) is 11.3 Å². The van der Waals surface area contributed by atoms with Gasteiger partial charge in [-0.25, -0.2) is 4.98 Å². The second kappa shape index (κ2) is 7.44. The number of benzene rings is 3. The van der Waals surface area contributed by atoms with Gasteiger partial charge in [0.15, 0.2) is 0 Å². The third-order valence-electron chi connectivity index (χ3n) is 4.59. The highest BCUT2D eigenvalue weighted by Crippen LogP contribution is 2.31. The number of nitrogens with zero attached hydrogens (tertiary/aromatic N) is 1. The van der Waals surface area contributed by atoms with Crippen LogP contribution in [0.3, 0.4) is 0 Å². The summed E-state index contributed by atoms with van der Waals surface area (Å²) in [6.45, 7) is 4.00. The Kier molecular flexibility index (Phi) is 4.84. The van der Waals surface area contributed by atoms with Crippen molar-refractivity contribution in [3.8, 4) is 16.3 Å². The third kappa shape index (κ3) is 3.49. The molecule has 28 heavy (non-hydrogen) atoms. The van der Waals surface area contributed by atoms with Crippen LogP contribution in [0.5, 0.6) is 5.75 Å². The largest absolute Gasteiger partial charge is 0.496 e. The maximum absolute atomic E-state index is 12.6. The van der Waals surface area contributed by atoms with Crippen molar-refractivity contribution < 1.29 is 9.53 Å². The van der Waals surface area contributed by atoms with Crippen molar-refractivity contribution in [2.75, 3.05) is 12.4 Å². The van der Waals surface area contributed by atoms with Crippen LogP contribution in [0.2, 0.25) is 0 Å². The molecule has 1 aromatic heterocycles. The van der Waals surface area contributed by atoms with Crippen LogP contribution in [0.25, 0.3) is 20.8 Å². The van der Waals surface area contributed by atoms with E-state index >= 15 is 0 Å². The van der Waals surface area contributed by atoms with Crippen molar-refractivity contribution >= 4 is 33.1 Å². The molecule has 0 radical (unpaired) electrons. The average Bonchev–Trinajstić information content (AvgIpc) is 3.11. The van der Waals surface area contributed by atoms with Gasteiger partial charge in [0.2, 0.25) is 0 Å². The van der Waals surface area contributed by atoms with E-state index in [1.54, 1.807) is 24.5 Å². The molecule has 4 nitrogen and oxygen atoms in total. The maximum atomic E-state index is 12.6. The van der Waals surface area contributed by atoms with E-state index < -0.39 is 0 Å². The van der Waals surface area contributed by atoms with Crippen LogP contribution in [0, 0.1) is 13.8 Å². The molecule has 4 rings (SSSR count). The number of para-hydroxylation sites is 1. The van der Waals surface area contributed by atoms with Gasteiger partial charge in [0.05, 0.1) is 22.9 Å². The summed E-state index contributed by atoms with van der Waals surface area (Å²) in [5.41, 5.74) is 5.45. The molecule has 0 atom stereocenters. The number of aryl methyl sites for hydroxylation is 2. The molecule has 0 spiro atoms. The number of nitrogens with one attached hydrogen (secondary N) is 1. The van der Waals surface area contributed by atoms with Gasteiger partial charge in [0.25, 0.3) is 5.91 Å². The zero-order valence-corrected chi connectivity index (χ0v) is 16.8. The number of ether oxygens (including phenoxy) is 1. The van der Waals surface area contributed by atoms with Crippen molar-refractivity contribution in [3.63, 3.8) is 0 Å². The van der Waals surface area contributed by atoms with Gasteiger partial charge >= 0.3 is 0 Å². The lowest BCUT2D eigenvalue weighted by atomic mass is 10.1. The summed E-state index contributed by atoms with van der Waals surface area (Å²) in [5, 5.41) is 3.91. The zero-order valence-electron chi connectivity index (χ0n) is 15.9. The van der Waals surface area contributed by atoms with Crippen molar-refractivity contribution in [3.05, 3.63) is 77.4 Å². The summed E-state index contributed by atoms with van der Waals surface area (Å²) in [6, 6.07) is 19.6. The van der Waals surface area contributed by atoms with Crippen LogP contribution in [0.4, 0.5) is 5.69 Å². The molecule has 1 heterocycles. The molecule has 0 bridgehead atoms. The fraction of sp³-hybridized carbons (Fsp3) is 0.130. The van der Waals surface area contributed by atoms with Crippen LogP contribution in [-0.4, -0.2) is 18.0 Å². The SMILES string of the molecule is COc1c(C)cccc1C(=O)Nc1ccc(-c2nc3ccc(C)cc3s2)cc1. The Balaban J connectivity index is 1.56. The minimum atomic E-state index is -0.191. The second-order valence-electron chi connectivity index (χ2n) is 6.68. The highest BCUT2D eigenvalue weighted by atomic mass is 32.1. The smallest absolute Gasteiger partial charge is 0.259 e. The first-order valence-corrected chi connectivity index (χ1v) is 9.79. The molecule has 0 saturated heterocycles. The Bertz CT molecular complexity index is 1160. The number of methoxy groups -OCH3 is 1. The lowest BCUT2D eigenvalue weighted by Gasteiger charge is -2.11. The van der Waals surface area contributed by atoms with Gasteiger partial charge in [-0.05, 0) is 67.4 Å². The number of hydrogen-bond acceptors (Lipinski definition) is 4. The van der Waals surface area contributed by atoms with Gasteiger partial charge in [0, 0.05) is 11.3 Å². The highest BCUT2D eigenvalue weighted by molar-refractivity contribution is 7.21. The summed E-state index contributed by atoms with van der Waals surface area (Å²) in [7, 11) is 1.58. The van der Waals surface area contributed by atoms with Crippen molar-refractivity contribution in [2.45, 2.75) is 13.8 Å². The Labute approximate surface area is 167 Å². The van der Waals surface area contributed by atoms with Crippen LogP contribution in [-0.2, 0) is 0 Å². The molecule has 4 aromatic rings. The third-order valence-corrected chi connectivity index (χ3v) is 5.66. The van der Waals surface area contributed by atoms with Crippen LogP contribution >= 0.6 is 11.3 Å². The summed E-state index contributed by atoms with van der Waals surface area (Å²) < 4.78 is 6.56. The Morgan fingerprint density at radius 3 is 2.57 bits per heavy atom. The summed E-state index contributed by atoms with van der Waals surface area (Å²) in [5.74, 6) is 0.408. The summed E-state index contributed by atoms with van der Waals surface area (Å²) in [4.78, 5) is 17.4. The number of aromatic nitrogens is 1. The van der Waals surface area contributed by atoms with Gasteiger partial charge in [-0.2, -0.15) is 0 Å². The van der Waals surface area contributed by atoms with Crippen LogP contribution in [0.15, 0.2) is 60.7 Å². The van der Waals surface area contributed by atoms with Crippen LogP contribution in [0.1, 0.15) is 21.5 Å². The molecule has 0 aliphatic carbocycles. The van der Waals surface area contributed by atoms with Gasteiger partial charge in [-0.1, -0.05) is 18.2 Å². The fourth-order valence-electron chi connectivity index (χ4n) is 3.15. The van der Waals surface area contributed by atoms with E-state index in [2.05, 4.69) is 30.4 Å². The molecule has 1 amide bonds. The van der Waals surface area contributed by atoms with Crippen molar-refractivity contribution in [1.29, 1.82) is 0 Å². The zero-order chi connectivity index (χ0) is 19.7. The van der Waals surface area contributed by atoms with E-state index in [9.17, 15) is 4.79 Å². The molecule has 0 aliphatic rings. The van der Waals surface area contributed by atoms with Gasteiger partial charge in [0.1, 0.15) is 10.8 Å².